The lowest BCUT2D eigenvalue weighted by Gasteiger charge is -2.41. The van der Waals surface area contributed by atoms with E-state index in [1.54, 1.807) is 0 Å². The second kappa shape index (κ2) is 9.10. The molecule has 1 aliphatic rings. The van der Waals surface area contributed by atoms with Crippen molar-refractivity contribution in [3.8, 4) is 0 Å². The van der Waals surface area contributed by atoms with Crippen LogP contribution in [0.15, 0.2) is 0 Å². The Morgan fingerprint density at radius 1 is 1.14 bits per heavy atom. The third-order valence-corrected chi connectivity index (χ3v) is 3.77. The maximum atomic E-state index is 12.5. The topological polar surface area (TPSA) is 70.7 Å². The van der Waals surface area contributed by atoms with Crippen molar-refractivity contribution in [2.45, 2.75) is 59.3 Å². The first kappa shape index (κ1) is 18.9. The summed E-state index contributed by atoms with van der Waals surface area (Å²) in [5, 5.41) is 5.72. The largest absolute Gasteiger partial charge is 0.373 e. The Balaban J connectivity index is 2.48. The number of nitrogens with zero attached hydrogens (tertiary/aromatic N) is 1. The van der Waals surface area contributed by atoms with Gasteiger partial charge in [-0.25, -0.2) is 0 Å². The molecule has 0 bridgehead atoms. The fourth-order valence-electron chi connectivity index (χ4n) is 3.00. The van der Waals surface area contributed by atoms with Crippen LogP contribution >= 0.6 is 0 Å². The van der Waals surface area contributed by atoms with Crippen molar-refractivity contribution in [3.63, 3.8) is 0 Å². The molecule has 1 heterocycles. The molecular formula is C16H31N3O3. The highest BCUT2D eigenvalue weighted by atomic mass is 16.5. The van der Waals surface area contributed by atoms with Crippen molar-refractivity contribution in [1.29, 1.82) is 0 Å². The van der Waals surface area contributed by atoms with Gasteiger partial charge >= 0.3 is 0 Å². The maximum absolute atomic E-state index is 12.5. The van der Waals surface area contributed by atoms with Crippen molar-refractivity contribution in [3.05, 3.63) is 0 Å². The molecule has 0 aromatic heterocycles. The molecule has 3 unspecified atom stereocenters. The number of ether oxygens (including phenoxy) is 1. The van der Waals surface area contributed by atoms with Gasteiger partial charge in [0.1, 0.15) is 0 Å². The molecule has 0 aliphatic carbocycles. The number of amides is 2. The predicted octanol–water partition coefficient (Wildman–Crippen LogP) is 0.763. The molecule has 6 nitrogen and oxygen atoms in total. The molecule has 2 amide bonds. The highest BCUT2D eigenvalue weighted by molar-refractivity contribution is 5.82. The Kier molecular flexibility index (Phi) is 7.82. The lowest BCUT2D eigenvalue weighted by atomic mass is 9.99. The van der Waals surface area contributed by atoms with E-state index in [4.69, 9.17) is 4.74 Å². The molecule has 3 atom stereocenters. The SMILES string of the molecule is CC(=O)NCCCNC(=O)C(C(C)C)N1CC(C)OC(C)C1. The molecular weight excluding hydrogens is 282 g/mol. The number of rotatable bonds is 7. The normalized spacial score (nSPS) is 24.1. The summed E-state index contributed by atoms with van der Waals surface area (Å²) >= 11 is 0. The number of hydrogen-bond donors (Lipinski definition) is 2. The zero-order valence-electron chi connectivity index (χ0n) is 14.5. The molecule has 0 radical (unpaired) electrons. The van der Waals surface area contributed by atoms with E-state index in [2.05, 4.69) is 29.4 Å². The van der Waals surface area contributed by atoms with Crippen LogP contribution in [0.1, 0.15) is 41.0 Å². The first-order valence-electron chi connectivity index (χ1n) is 8.23. The number of morpholine rings is 1. The Morgan fingerprint density at radius 2 is 1.68 bits per heavy atom. The van der Waals surface area contributed by atoms with Crippen LogP contribution in [0.5, 0.6) is 0 Å². The van der Waals surface area contributed by atoms with Crippen molar-refractivity contribution in [1.82, 2.24) is 15.5 Å². The fraction of sp³-hybridized carbons (Fsp3) is 0.875. The zero-order chi connectivity index (χ0) is 16.7. The van der Waals surface area contributed by atoms with Gasteiger partial charge in [-0.3, -0.25) is 14.5 Å². The van der Waals surface area contributed by atoms with Gasteiger partial charge in [0.05, 0.1) is 18.2 Å². The minimum absolute atomic E-state index is 0.0392. The maximum Gasteiger partial charge on any atom is 0.237 e. The molecule has 128 valence electrons. The van der Waals surface area contributed by atoms with E-state index in [0.29, 0.717) is 13.1 Å². The lowest BCUT2D eigenvalue weighted by molar-refractivity contribution is -0.135. The van der Waals surface area contributed by atoms with Gasteiger partial charge in [0, 0.05) is 33.1 Å². The van der Waals surface area contributed by atoms with Crippen molar-refractivity contribution in [2.24, 2.45) is 5.92 Å². The first-order valence-corrected chi connectivity index (χ1v) is 8.23. The molecule has 2 N–H and O–H groups in total. The van der Waals surface area contributed by atoms with Gasteiger partial charge in [-0.15, -0.1) is 0 Å². The summed E-state index contributed by atoms with van der Waals surface area (Å²) in [7, 11) is 0. The summed E-state index contributed by atoms with van der Waals surface area (Å²) in [5.41, 5.74) is 0. The molecule has 0 aromatic rings. The van der Waals surface area contributed by atoms with Crippen molar-refractivity contribution in [2.75, 3.05) is 26.2 Å². The van der Waals surface area contributed by atoms with Gasteiger partial charge in [-0.2, -0.15) is 0 Å². The predicted molar refractivity (Wildman–Crippen MR) is 86.5 cm³/mol. The van der Waals surface area contributed by atoms with E-state index >= 15 is 0 Å². The Hall–Kier alpha value is -1.14. The van der Waals surface area contributed by atoms with E-state index < -0.39 is 0 Å². The fourth-order valence-corrected chi connectivity index (χ4v) is 3.00. The Labute approximate surface area is 134 Å². The van der Waals surface area contributed by atoms with Crippen LogP contribution in [0.25, 0.3) is 0 Å². The molecule has 1 aliphatic heterocycles. The molecule has 0 aromatic carbocycles. The summed E-state index contributed by atoms with van der Waals surface area (Å²) in [6.45, 7) is 12.5. The summed E-state index contributed by atoms with van der Waals surface area (Å²) in [6, 6.07) is -0.130. The molecule has 22 heavy (non-hydrogen) atoms. The van der Waals surface area contributed by atoms with Crippen LogP contribution in [-0.2, 0) is 14.3 Å². The molecule has 6 heteroatoms. The third kappa shape index (κ3) is 6.32. The van der Waals surface area contributed by atoms with E-state index in [1.165, 1.54) is 6.92 Å². The minimum Gasteiger partial charge on any atom is -0.373 e. The van der Waals surface area contributed by atoms with Gasteiger partial charge in [0.2, 0.25) is 11.8 Å². The van der Waals surface area contributed by atoms with Gasteiger partial charge in [-0.1, -0.05) is 13.8 Å². The average Bonchev–Trinajstić information content (AvgIpc) is 2.36. The summed E-state index contributed by atoms with van der Waals surface area (Å²) in [6.07, 6.45) is 1.04. The van der Waals surface area contributed by atoms with Crippen LogP contribution in [0.4, 0.5) is 0 Å². The first-order chi connectivity index (χ1) is 10.3. The summed E-state index contributed by atoms with van der Waals surface area (Å²) < 4.78 is 5.75. The number of carbonyl (C=O) groups excluding carboxylic acids is 2. The lowest BCUT2D eigenvalue weighted by Crippen LogP contribution is -2.57. The van der Waals surface area contributed by atoms with E-state index in [0.717, 1.165) is 19.5 Å². The van der Waals surface area contributed by atoms with Gasteiger partial charge in [-0.05, 0) is 26.2 Å². The number of nitrogens with one attached hydrogen (secondary N) is 2. The third-order valence-electron chi connectivity index (χ3n) is 3.77. The van der Waals surface area contributed by atoms with Gasteiger partial charge in [0.15, 0.2) is 0 Å². The van der Waals surface area contributed by atoms with Gasteiger partial charge in [0.25, 0.3) is 0 Å². The minimum atomic E-state index is -0.130. The van der Waals surface area contributed by atoms with Crippen molar-refractivity contribution < 1.29 is 14.3 Å². The quantitative estimate of drug-likeness (QED) is 0.681. The zero-order valence-corrected chi connectivity index (χ0v) is 14.5. The number of hydrogen-bond acceptors (Lipinski definition) is 4. The second-order valence-electron chi connectivity index (χ2n) is 6.53. The van der Waals surface area contributed by atoms with Gasteiger partial charge < -0.3 is 15.4 Å². The highest BCUT2D eigenvalue weighted by Gasteiger charge is 2.33. The Morgan fingerprint density at radius 3 is 2.18 bits per heavy atom. The van der Waals surface area contributed by atoms with Crippen LogP contribution in [-0.4, -0.2) is 61.1 Å². The standard InChI is InChI=1S/C16H31N3O3/c1-11(2)15(19-9-12(3)22-13(4)10-19)16(21)18-8-6-7-17-14(5)20/h11-13,15H,6-10H2,1-5H3,(H,17,20)(H,18,21). The van der Waals surface area contributed by atoms with E-state index in [9.17, 15) is 9.59 Å². The Bertz CT molecular complexity index is 364. The molecule has 0 spiro atoms. The monoisotopic (exact) mass is 313 g/mol. The summed E-state index contributed by atoms with van der Waals surface area (Å²) in [5.74, 6) is 0.273. The van der Waals surface area contributed by atoms with Crippen LogP contribution < -0.4 is 10.6 Å². The highest BCUT2D eigenvalue weighted by Crippen LogP contribution is 2.18. The van der Waals surface area contributed by atoms with E-state index in [1.807, 2.05) is 13.8 Å². The van der Waals surface area contributed by atoms with Crippen molar-refractivity contribution >= 4 is 11.8 Å². The molecule has 1 fully saturated rings. The molecule has 1 saturated heterocycles. The summed E-state index contributed by atoms with van der Waals surface area (Å²) in [4.78, 5) is 25.5. The van der Waals surface area contributed by atoms with E-state index in [-0.39, 0.29) is 36.0 Å². The number of carbonyl (C=O) groups is 2. The van der Waals surface area contributed by atoms with Crippen LogP contribution in [0.3, 0.4) is 0 Å². The molecule has 0 saturated carbocycles. The average molecular weight is 313 g/mol. The second-order valence-corrected chi connectivity index (χ2v) is 6.53. The molecule has 1 rings (SSSR count). The van der Waals surface area contributed by atoms with Crippen LogP contribution in [0, 0.1) is 5.92 Å². The van der Waals surface area contributed by atoms with Crippen LogP contribution in [0.2, 0.25) is 0 Å². The smallest absolute Gasteiger partial charge is 0.237 e.